The van der Waals surface area contributed by atoms with Crippen molar-refractivity contribution in [1.29, 1.82) is 0 Å². The highest BCUT2D eigenvalue weighted by Gasteiger charge is 2.28. The molecule has 3 aromatic rings. The molecule has 0 spiro atoms. The summed E-state index contributed by atoms with van der Waals surface area (Å²) in [6, 6.07) is 15.1. The summed E-state index contributed by atoms with van der Waals surface area (Å²) in [5.41, 5.74) is 9.61. The van der Waals surface area contributed by atoms with Gasteiger partial charge in [0.25, 0.3) is 0 Å². The summed E-state index contributed by atoms with van der Waals surface area (Å²) in [5, 5.41) is 33.3. The van der Waals surface area contributed by atoms with Crippen LogP contribution in [0.5, 0.6) is 17.2 Å². The Morgan fingerprint density at radius 1 is 0.533 bits per heavy atom. The van der Waals surface area contributed by atoms with Crippen molar-refractivity contribution in [3.63, 3.8) is 0 Å². The van der Waals surface area contributed by atoms with Crippen molar-refractivity contribution >= 4 is 0 Å². The highest BCUT2D eigenvalue weighted by atomic mass is 16.3. The van der Waals surface area contributed by atoms with Gasteiger partial charge in [-0.05, 0) is 145 Å². The van der Waals surface area contributed by atoms with Crippen LogP contribution < -0.4 is 0 Å². The molecular weight excluding hydrogens is 552 g/mol. The molecule has 0 aromatic heterocycles. The molecule has 3 heteroatoms. The quantitative estimate of drug-likeness (QED) is 0.238. The van der Waals surface area contributed by atoms with Crippen LogP contribution in [0.25, 0.3) is 0 Å². The van der Waals surface area contributed by atoms with E-state index in [0.717, 1.165) is 59.9 Å². The van der Waals surface area contributed by atoms with Gasteiger partial charge in [-0.15, -0.1) is 0 Å². The van der Waals surface area contributed by atoms with Gasteiger partial charge in [-0.25, -0.2) is 0 Å². The van der Waals surface area contributed by atoms with E-state index in [4.69, 9.17) is 0 Å². The zero-order valence-electron chi connectivity index (χ0n) is 28.1. The van der Waals surface area contributed by atoms with Crippen LogP contribution in [0.2, 0.25) is 0 Å². The van der Waals surface area contributed by atoms with E-state index in [1.165, 1.54) is 87.3 Å². The normalized spacial score (nSPS) is 20.2. The van der Waals surface area contributed by atoms with E-state index in [2.05, 4.69) is 45.0 Å². The summed E-state index contributed by atoms with van der Waals surface area (Å²) >= 11 is 0. The molecule has 3 fully saturated rings. The van der Waals surface area contributed by atoms with Crippen LogP contribution in [0.15, 0.2) is 42.5 Å². The van der Waals surface area contributed by atoms with E-state index < -0.39 is 0 Å². The fourth-order valence-corrected chi connectivity index (χ4v) is 9.30. The third-order valence-corrected chi connectivity index (χ3v) is 11.9. The van der Waals surface area contributed by atoms with Gasteiger partial charge >= 0.3 is 0 Å². The minimum absolute atomic E-state index is 0.136. The maximum atomic E-state index is 11.2. The van der Waals surface area contributed by atoms with E-state index in [-0.39, 0.29) is 11.8 Å². The van der Waals surface area contributed by atoms with Crippen LogP contribution >= 0.6 is 0 Å². The van der Waals surface area contributed by atoms with Gasteiger partial charge in [-0.3, -0.25) is 0 Å². The number of benzene rings is 3. The molecule has 3 saturated carbocycles. The van der Waals surface area contributed by atoms with Crippen molar-refractivity contribution in [3.8, 4) is 17.2 Å². The lowest BCUT2D eigenvalue weighted by molar-refractivity contribution is 0.412. The van der Waals surface area contributed by atoms with Crippen LogP contribution in [0.4, 0.5) is 0 Å². The van der Waals surface area contributed by atoms with E-state index in [9.17, 15) is 15.3 Å². The number of rotatable bonds is 8. The molecule has 3 aromatic carbocycles. The second-order valence-electron chi connectivity index (χ2n) is 15.0. The predicted molar refractivity (Wildman–Crippen MR) is 186 cm³/mol. The average Bonchev–Trinajstić information content (AvgIpc) is 3.05. The van der Waals surface area contributed by atoms with Crippen molar-refractivity contribution in [2.24, 2.45) is 0 Å². The number of hydrogen-bond acceptors (Lipinski definition) is 3. The fraction of sp³-hybridized carbons (Fsp3) is 0.571. The Morgan fingerprint density at radius 2 is 0.956 bits per heavy atom. The molecular formula is C42H56O3. The number of phenols is 3. The molecule has 3 aliphatic carbocycles. The zero-order valence-corrected chi connectivity index (χ0v) is 28.1. The minimum atomic E-state index is 0.136. The van der Waals surface area contributed by atoms with E-state index in [1.54, 1.807) is 0 Å². The largest absolute Gasteiger partial charge is 0.508 e. The van der Waals surface area contributed by atoms with Gasteiger partial charge < -0.3 is 15.3 Å². The lowest BCUT2D eigenvalue weighted by Crippen LogP contribution is -2.13. The number of aryl methyl sites for hydroxylation is 2. The Labute approximate surface area is 272 Å². The smallest absolute Gasteiger partial charge is 0.119 e. The maximum absolute atomic E-state index is 11.2. The van der Waals surface area contributed by atoms with Crippen molar-refractivity contribution in [2.75, 3.05) is 0 Å². The SMILES string of the molecule is Cc1cc(O)c(C2CCCCC2)cc1C(C)CC(c1ccc(O)c(C2CCCCC2)c1)c1cc(C2CCCCC2)c(O)cc1C. The summed E-state index contributed by atoms with van der Waals surface area (Å²) in [5.74, 6) is 3.07. The molecule has 6 rings (SSSR count). The van der Waals surface area contributed by atoms with Crippen molar-refractivity contribution in [1.82, 2.24) is 0 Å². The van der Waals surface area contributed by atoms with E-state index >= 15 is 0 Å². The molecule has 242 valence electrons. The second-order valence-corrected chi connectivity index (χ2v) is 15.0. The van der Waals surface area contributed by atoms with Crippen molar-refractivity contribution < 1.29 is 15.3 Å². The van der Waals surface area contributed by atoms with E-state index in [0.29, 0.717) is 35.0 Å². The number of aromatic hydroxyl groups is 3. The second kappa shape index (κ2) is 14.2. The topological polar surface area (TPSA) is 60.7 Å². The fourth-order valence-electron chi connectivity index (χ4n) is 9.30. The highest BCUT2D eigenvalue weighted by Crippen LogP contribution is 2.46. The van der Waals surface area contributed by atoms with Crippen LogP contribution in [-0.2, 0) is 0 Å². The first-order valence-electron chi connectivity index (χ1n) is 18.3. The number of phenolic OH excluding ortho intramolecular Hbond substituents is 3. The molecule has 3 nitrogen and oxygen atoms in total. The Morgan fingerprint density at radius 3 is 1.44 bits per heavy atom. The summed E-state index contributed by atoms with van der Waals surface area (Å²) in [6.07, 6.45) is 19.2. The molecule has 0 bridgehead atoms. The molecule has 0 saturated heterocycles. The zero-order chi connectivity index (χ0) is 31.5. The molecule has 45 heavy (non-hydrogen) atoms. The average molecular weight is 609 g/mol. The van der Waals surface area contributed by atoms with Gasteiger partial charge in [0.05, 0.1) is 0 Å². The first-order chi connectivity index (χ1) is 21.8. The van der Waals surface area contributed by atoms with Gasteiger partial charge in [0.1, 0.15) is 17.2 Å². The molecule has 0 aliphatic heterocycles. The predicted octanol–water partition coefficient (Wildman–Crippen LogP) is 11.9. The molecule has 0 amide bonds. The van der Waals surface area contributed by atoms with Crippen LogP contribution in [0, 0.1) is 13.8 Å². The minimum Gasteiger partial charge on any atom is -0.508 e. The lowest BCUT2D eigenvalue weighted by Gasteiger charge is -2.30. The summed E-state index contributed by atoms with van der Waals surface area (Å²) in [4.78, 5) is 0. The van der Waals surface area contributed by atoms with Crippen LogP contribution in [-0.4, -0.2) is 15.3 Å². The maximum Gasteiger partial charge on any atom is 0.119 e. The molecule has 3 aliphatic rings. The molecule has 2 atom stereocenters. The molecule has 0 heterocycles. The molecule has 2 unspecified atom stereocenters. The Hall–Kier alpha value is -2.94. The van der Waals surface area contributed by atoms with Gasteiger partial charge in [0, 0.05) is 5.92 Å². The monoisotopic (exact) mass is 608 g/mol. The van der Waals surface area contributed by atoms with Gasteiger partial charge in [0.2, 0.25) is 0 Å². The standard InChI is InChI=1S/C42H56O3/c1-27(34-25-38(41(44)22-28(34)2)31-15-9-5-10-16-31)21-36(33-19-20-40(43)37(24-33)30-13-7-4-8-14-30)35-26-39(42(45)23-29(35)3)32-17-11-6-12-18-32/h19-20,22-27,30-32,36,43-45H,4-18,21H2,1-3H3. The van der Waals surface area contributed by atoms with Crippen LogP contribution in [0.1, 0.15) is 184 Å². The first-order valence-corrected chi connectivity index (χ1v) is 18.3. The number of hydrogen-bond donors (Lipinski definition) is 3. The van der Waals surface area contributed by atoms with Gasteiger partial charge in [0.15, 0.2) is 0 Å². The Kier molecular flexibility index (Phi) is 10.1. The summed E-state index contributed by atoms with van der Waals surface area (Å²) in [7, 11) is 0. The third kappa shape index (κ3) is 7.08. The first kappa shape index (κ1) is 32.0. The summed E-state index contributed by atoms with van der Waals surface area (Å²) in [6.45, 7) is 6.67. The van der Waals surface area contributed by atoms with E-state index in [1.807, 2.05) is 18.2 Å². The van der Waals surface area contributed by atoms with Crippen molar-refractivity contribution in [2.45, 2.75) is 153 Å². The Balaban J connectivity index is 1.41. The van der Waals surface area contributed by atoms with Gasteiger partial charge in [-0.2, -0.15) is 0 Å². The molecule has 3 N–H and O–H groups in total. The van der Waals surface area contributed by atoms with Crippen molar-refractivity contribution in [3.05, 3.63) is 87.0 Å². The summed E-state index contributed by atoms with van der Waals surface area (Å²) < 4.78 is 0. The lowest BCUT2D eigenvalue weighted by atomic mass is 9.75. The Bertz CT molecular complexity index is 1450. The van der Waals surface area contributed by atoms with Crippen LogP contribution in [0.3, 0.4) is 0 Å². The highest BCUT2D eigenvalue weighted by molar-refractivity contribution is 5.51. The van der Waals surface area contributed by atoms with Gasteiger partial charge in [-0.1, -0.05) is 89.0 Å². The third-order valence-electron chi connectivity index (χ3n) is 11.9. The molecule has 0 radical (unpaired) electrons.